The Morgan fingerprint density at radius 3 is 2.61 bits per heavy atom. The Kier molecular flexibility index (Phi) is 5.19. The third kappa shape index (κ3) is 4.37. The van der Waals surface area contributed by atoms with Gasteiger partial charge in [-0.15, -0.1) is 0 Å². The van der Waals surface area contributed by atoms with Gasteiger partial charge in [-0.3, -0.25) is 0 Å². The summed E-state index contributed by atoms with van der Waals surface area (Å²) in [5.74, 6) is -0.0284. The van der Waals surface area contributed by atoms with Crippen LogP contribution in [0.5, 0.6) is 5.75 Å². The fourth-order valence-corrected chi connectivity index (χ4v) is 2.73. The molecule has 1 aliphatic heterocycles. The van der Waals surface area contributed by atoms with Crippen LogP contribution >= 0.6 is 15.9 Å². The Hall–Kier alpha value is -1.76. The van der Waals surface area contributed by atoms with E-state index in [2.05, 4.69) is 15.9 Å². The Morgan fingerprint density at radius 1 is 1.30 bits per heavy atom. The molecule has 1 aromatic carbocycles. The van der Waals surface area contributed by atoms with Crippen molar-refractivity contribution < 1.29 is 23.8 Å². The lowest BCUT2D eigenvalue weighted by Crippen LogP contribution is -2.37. The van der Waals surface area contributed by atoms with Gasteiger partial charge in [-0.2, -0.15) is 0 Å². The molecule has 0 unspecified atom stereocenters. The first-order valence-electron chi connectivity index (χ1n) is 7.22. The lowest BCUT2D eigenvalue weighted by Gasteiger charge is -2.26. The van der Waals surface area contributed by atoms with Gasteiger partial charge in [0.05, 0.1) is 20.2 Å². The molecule has 0 spiro atoms. The molecule has 7 heteroatoms. The Labute approximate surface area is 143 Å². The van der Waals surface area contributed by atoms with Crippen molar-refractivity contribution in [3.8, 4) is 5.75 Å². The molecule has 1 aliphatic rings. The van der Waals surface area contributed by atoms with Crippen molar-refractivity contribution in [2.24, 2.45) is 0 Å². The molecular weight excluding hydrogens is 366 g/mol. The summed E-state index contributed by atoms with van der Waals surface area (Å²) >= 11 is 3.37. The normalized spacial score (nSPS) is 14.4. The number of benzene rings is 1. The lowest BCUT2D eigenvalue weighted by molar-refractivity contribution is 0.0225. The van der Waals surface area contributed by atoms with Crippen LogP contribution < -0.4 is 4.74 Å². The summed E-state index contributed by atoms with van der Waals surface area (Å²) in [5.41, 5.74) is 0.493. The van der Waals surface area contributed by atoms with E-state index in [-0.39, 0.29) is 6.61 Å². The first-order valence-corrected chi connectivity index (χ1v) is 8.02. The maximum Gasteiger partial charge on any atom is 0.410 e. The monoisotopic (exact) mass is 385 g/mol. The second-order valence-electron chi connectivity index (χ2n) is 6.18. The van der Waals surface area contributed by atoms with Crippen molar-refractivity contribution in [1.29, 1.82) is 0 Å². The number of rotatable bonds is 1. The van der Waals surface area contributed by atoms with Gasteiger partial charge in [0.2, 0.25) is 0 Å². The minimum absolute atomic E-state index is 0.276. The number of nitrogens with zero attached hydrogens (tertiary/aromatic N) is 1. The van der Waals surface area contributed by atoms with E-state index in [4.69, 9.17) is 14.2 Å². The topological polar surface area (TPSA) is 65.1 Å². The van der Waals surface area contributed by atoms with Crippen LogP contribution in [0, 0.1) is 0 Å². The highest BCUT2D eigenvalue weighted by Crippen LogP contribution is 2.32. The van der Waals surface area contributed by atoms with E-state index in [1.807, 2.05) is 26.8 Å². The molecule has 0 radical (unpaired) electrons. The average molecular weight is 386 g/mol. The number of hydrogen-bond acceptors (Lipinski definition) is 5. The van der Waals surface area contributed by atoms with E-state index in [1.54, 1.807) is 11.0 Å². The molecule has 2 rings (SSSR count). The molecule has 0 N–H and O–H groups in total. The molecule has 0 atom stereocenters. The summed E-state index contributed by atoms with van der Waals surface area (Å²) < 4.78 is 16.6. The smallest absolute Gasteiger partial charge is 0.410 e. The zero-order valence-electron chi connectivity index (χ0n) is 13.6. The molecule has 0 aliphatic carbocycles. The Morgan fingerprint density at radius 2 is 2.00 bits per heavy atom. The zero-order valence-corrected chi connectivity index (χ0v) is 15.2. The third-order valence-corrected chi connectivity index (χ3v) is 3.61. The Balaban J connectivity index is 2.32. The van der Waals surface area contributed by atoms with Gasteiger partial charge in [0.25, 0.3) is 0 Å². The number of fused-ring (bicyclic) bond motifs is 1. The van der Waals surface area contributed by atoms with Gasteiger partial charge in [-0.05, 0) is 32.9 Å². The number of hydrogen-bond donors (Lipinski definition) is 0. The number of carbonyl (C=O) groups excluding carboxylic acids is 2. The first-order chi connectivity index (χ1) is 10.7. The van der Waals surface area contributed by atoms with E-state index in [0.717, 1.165) is 5.56 Å². The van der Waals surface area contributed by atoms with Crippen molar-refractivity contribution >= 4 is 28.0 Å². The molecule has 126 valence electrons. The third-order valence-electron chi connectivity index (χ3n) is 3.16. The summed E-state index contributed by atoms with van der Waals surface area (Å²) in [7, 11) is 1.32. The number of methoxy groups -OCH3 is 1. The predicted octanol–water partition coefficient (Wildman–Crippen LogP) is 3.37. The van der Waals surface area contributed by atoms with E-state index in [9.17, 15) is 9.59 Å². The highest BCUT2D eigenvalue weighted by molar-refractivity contribution is 9.10. The van der Waals surface area contributed by atoms with Gasteiger partial charge < -0.3 is 19.1 Å². The average Bonchev–Trinajstić information content (AvgIpc) is 2.66. The number of ether oxygens (including phenoxy) is 3. The molecule has 1 aromatic rings. The van der Waals surface area contributed by atoms with E-state index >= 15 is 0 Å². The van der Waals surface area contributed by atoms with Crippen LogP contribution in [0.25, 0.3) is 0 Å². The Bertz CT molecular complexity index is 624. The van der Waals surface area contributed by atoms with E-state index in [0.29, 0.717) is 28.9 Å². The van der Waals surface area contributed by atoms with Gasteiger partial charge >= 0.3 is 12.1 Å². The van der Waals surface area contributed by atoms with Crippen LogP contribution in [0.1, 0.15) is 36.7 Å². The highest BCUT2D eigenvalue weighted by Gasteiger charge is 2.27. The zero-order chi connectivity index (χ0) is 17.2. The molecule has 6 nitrogen and oxygen atoms in total. The summed E-state index contributed by atoms with van der Waals surface area (Å²) in [6.07, 6.45) is -0.409. The molecule has 0 aromatic heterocycles. The van der Waals surface area contributed by atoms with E-state index < -0.39 is 17.7 Å². The second-order valence-corrected chi connectivity index (χ2v) is 7.10. The quantitative estimate of drug-likeness (QED) is 0.693. The van der Waals surface area contributed by atoms with Crippen molar-refractivity contribution in [3.05, 3.63) is 27.7 Å². The van der Waals surface area contributed by atoms with Crippen LogP contribution in [-0.4, -0.2) is 42.8 Å². The van der Waals surface area contributed by atoms with Crippen molar-refractivity contribution in [1.82, 2.24) is 4.90 Å². The van der Waals surface area contributed by atoms with Gasteiger partial charge in [0, 0.05) is 10.0 Å². The SMILES string of the molecule is COC(=O)c1cc(Br)cc2c1OCCN(C(=O)OC(C)(C)C)C2. The fraction of sp³-hybridized carbons (Fsp3) is 0.500. The molecule has 1 amide bonds. The summed E-state index contributed by atoms with van der Waals surface area (Å²) in [6.45, 7) is 6.41. The van der Waals surface area contributed by atoms with Crippen molar-refractivity contribution in [3.63, 3.8) is 0 Å². The second kappa shape index (κ2) is 6.78. The summed E-state index contributed by atoms with van der Waals surface area (Å²) in [6, 6.07) is 3.47. The van der Waals surface area contributed by atoms with Crippen molar-refractivity contribution in [2.45, 2.75) is 32.9 Å². The summed E-state index contributed by atoms with van der Waals surface area (Å²) in [4.78, 5) is 25.8. The molecule has 23 heavy (non-hydrogen) atoms. The number of amides is 1. The molecule has 0 saturated carbocycles. The molecule has 0 fully saturated rings. The largest absolute Gasteiger partial charge is 0.490 e. The van der Waals surface area contributed by atoms with Crippen LogP contribution in [0.15, 0.2) is 16.6 Å². The van der Waals surface area contributed by atoms with Gasteiger partial charge in [0.1, 0.15) is 23.5 Å². The molecule has 0 bridgehead atoms. The number of esters is 1. The minimum Gasteiger partial charge on any atom is -0.490 e. The maximum atomic E-state index is 12.3. The highest BCUT2D eigenvalue weighted by atomic mass is 79.9. The predicted molar refractivity (Wildman–Crippen MR) is 87.6 cm³/mol. The fourth-order valence-electron chi connectivity index (χ4n) is 2.22. The van der Waals surface area contributed by atoms with Crippen LogP contribution in [0.3, 0.4) is 0 Å². The molecular formula is C16H20BrNO5. The van der Waals surface area contributed by atoms with Gasteiger partial charge in [-0.1, -0.05) is 15.9 Å². The number of halogens is 1. The van der Waals surface area contributed by atoms with Crippen LogP contribution in [-0.2, 0) is 16.0 Å². The molecule has 1 heterocycles. The lowest BCUT2D eigenvalue weighted by atomic mass is 10.1. The summed E-state index contributed by atoms with van der Waals surface area (Å²) in [5, 5.41) is 0. The minimum atomic E-state index is -0.568. The van der Waals surface area contributed by atoms with E-state index in [1.165, 1.54) is 7.11 Å². The van der Waals surface area contributed by atoms with Crippen LogP contribution in [0.4, 0.5) is 4.79 Å². The van der Waals surface area contributed by atoms with Crippen molar-refractivity contribution in [2.75, 3.05) is 20.3 Å². The van der Waals surface area contributed by atoms with Gasteiger partial charge in [-0.25, -0.2) is 9.59 Å². The van der Waals surface area contributed by atoms with Crippen LogP contribution in [0.2, 0.25) is 0 Å². The standard InChI is InChI=1S/C16H20BrNO5/c1-16(2,3)23-15(20)18-5-6-22-13-10(9-18)7-11(17)8-12(13)14(19)21-4/h7-8H,5-6,9H2,1-4H3. The number of carbonyl (C=O) groups is 2. The molecule has 0 saturated heterocycles. The maximum absolute atomic E-state index is 12.3. The first kappa shape index (κ1) is 17.6. The van der Waals surface area contributed by atoms with Gasteiger partial charge in [0.15, 0.2) is 0 Å².